The molecule has 1 aliphatic rings. The average molecular weight is 287 g/mol. The van der Waals surface area contributed by atoms with Crippen molar-refractivity contribution in [1.29, 1.82) is 0 Å². The van der Waals surface area contributed by atoms with Gasteiger partial charge in [-0.3, -0.25) is 0 Å². The van der Waals surface area contributed by atoms with Gasteiger partial charge in [-0.15, -0.1) is 11.3 Å². The first-order valence-corrected chi connectivity index (χ1v) is 7.74. The van der Waals surface area contributed by atoms with Gasteiger partial charge in [0.1, 0.15) is 4.88 Å². The lowest BCUT2D eigenvalue weighted by Crippen LogP contribution is -2.25. The Balaban J connectivity index is 1.73. The maximum atomic E-state index is 11.1. The summed E-state index contributed by atoms with van der Waals surface area (Å²) in [6.45, 7) is 0.615. The van der Waals surface area contributed by atoms with Crippen LogP contribution in [0.1, 0.15) is 45.2 Å². The highest BCUT2D eigenvalue weighted by Crippen LogP contribution is 2.30. The van der Waals surface area contributed by atoms with Gasteiger partial charge in [0.2, 0.25) is 0 Å². The largest absolute Gasteiger partial charge is 0.477 e. The number of aromatic carboxylic acids is 1. The highest BCUT2D eigenvalue weighted by atomic mass is 32.1. The van der Waals surface area contributed by atoms with Gasteiger partial charge in [0.25, 0.3) is 0 Å². The third-order valence-corrected chi connectivity index (χ3v) is 4.79. The molecule has 0 aliphatic heterocycles. The molecule has 1 aromatic heterocycles. The number of fused-ring (bicyclic) bond motifs is 1. The lowest BCUT2D eigenvalue weighted by atomic mass is 9.87. The number of nitrogens with one attached hydrogen (secondary N) is 1. The Morgan fingerprint density at radius 3 is 3.05 bits per heavy atom. The summed E-state index contributed by atoms with van der Waals surface area (Å²) in [5.41, 5.74) is 3.66. The minimum Gasteiger partial charge on any atom is -0.477 e. The Hall–Kier alpha value is -1.65. The number of aryl methyl sites for hydroxylation is 1. The predicted molar refractivity (Wildman–Crippen MR) is 80.2 cm³/mol. The van der Waals surface area contributed by atoms with Crippen molar-refractivity contribution in [3.63, 3.8) is 0 Å². The Kier molecular flexibility index (Phi) is 3.85. The van der Waals surface area contributed by atoms with Gasteiger partial charge in [-0.25, -0.2) is 4.79 Å². The highest BCUT2D eigenvalue weighted by molar-refractivity contribution is 7.12. The fourth-order valence-corrected chi connectivity index (χ4v) is 3.62. The number of hydrogen-bond donors (Lipinski definition) is 2. The quantitative estimate of drug-likeness (QED) is 0.903. The zero-order valence-electron chi connectivity index (χ0n) is 11.1. The van der Waals surface area contributed by atoms with E-state index in [0.717, 1.165) is 18.4 Å². The summed E-state index contributed by atoms with van der Waals surface area (Å²) in [4.78, 5) is 11.6. The molecule has 4 heteroatoms. The molecule has 0 radical (unpaired) electrons. The standard InChI is InChI=1S/C16H17NO2S/c18-16(19)15-12(8-9-20-15)10-17-14-7-3-5-11-4-1-2-6-13(11)14/h1-2,4,6,8-9,14,17H,3,5,7,10H2,(H,18,19). The van der Waals surface area contributed by atoms with Gasteiger partial charge in [-0.05, 0) is 47.4 Å². The number of hydrogen-bond acceptors (Lipinski definition) is 3. The van der Waals surface area contributed by atoms with Gasteiger partial charge in [-0.2, -0.15) is 0 Å². The Morgan fingerprint density at radius 2 is 2.20 bits per heavy atom. The molecule has 3 rings (SSSR count). The van der Waals surface area contributed by atoms with E-state index in [-0.39, 0.29) is 0 Å². The van der Waals surface area contributed by atoms with Gasteiger partial charge < -0.3 is 10.4 Å². The van der Waals surface area contributed by atoms with Crippen LogP contribution in [0.2, 0.25) is 0 Å². The van der Waals surface area contributed by atoms with Gasteiger partial charge >= 0.3 is 5.97 Å². The Labute approximate surface area is 122 Å². The topological polar surface area (TPSA) is 49.3 Å². The third kappa shape index (κ3) is 2.62. The third-order valence-electron chi connectivity index (χ3n) is 3.85. The van der Waals surface area contributed by atoms with E-state index in [4.69, 9.17) is 5.11 Å². The first-order valence-electron chi connectivity index (χ1n) is 6.86. The summed E-state index contributed by atoms with van der Waals surface area (Å²) >= 11 is 1.29. The van der Waals surface area contributed by atoms with E-state index >= 15 is 0 Å². The Morgan fingerprint density at radius 1 is 1.35 bits per heavy atom. The van der Waals surface area contributed by atoms with E-state index in [0.29, 0.717) is 17.5 Å². The molecule has 0 saturated heterocycles. The summed E-state index contributed by atoms with van der Waals surface area (Å²) in [7, 11) is 0. The van der Waals surface area contributed by atoms with Crippen molar-refractivity contribution in [2.24, 2.45) is 0 Å². The van der Waals surface area contributed by atoms with Crippen LogP contribution >= 0.6 is 11.3 Å². The van der Waals surface area contributed by atoms with Crippen LogP contribution in [-0.2, 0) is 13.0 Å². The number of carbonyl (C=O) groups is 1. The van der Waals surface area contributed by atoms with Gasteiger partial charge in [0, 0.05) is 12.6 Å². The maximum Gasteiger partial charge on any atom is 0.346 e. The molecule has 0 bridgehead atoms. The molecule has 104 valence electrons. The molecule has 1 unspecified atom stereocenters. The molecule has 1 heterocycles. The predicted octanol–water partition coefficient (Wildman–Crippen LogP) is 3.61. The van der Waals surface area contributed by atoms with Crippen LogP contribution < -0.4 is 5.32 Å². The smallest absolute Gasteiger partial charge is 0.346 e. The second-order valence-electron chi connectivity index (χ2n) is 5.10. The number of carboxylic acids is 1. The van der Waals surface area contributed by atoms with Crippen molar-refractivity contribution >= 4 is 17.3 Å². The fourth-order valence-electron chi connectivity index (χ4n) is 2.86. The summed E-state index contributed by atoms with van der Waals surface area (Å²) in [5.74, 6) is -0.833. The molecule has 0 amide bonds. The molecule has 0 saturated carbocycles. The molecule has 1 aromatic carbocycles. The number of rotatable bonds is 4. The average Bonchev–Trinajstić information content (AvgIpc) is 2.93. The molecule has 1 aliphatic carbocycles. The number of thiophene rings is 1. The molecule has 0 spiro atoms. The lowest BCUT2D eigenvalue weighted by molar-refractivity contribution is 0.0701. The monoisotopic (exact) mass is 287 g/mol. The van der Waals surface area contributed by atoms with Crippen LogP contribution in [0.25, 0.3) is 0 Å². The van der Waals surface area contributed by atoms with Gasteiger partial charge in [-0.1, -0.05) is 24.3 Å². The highest BCUT2D eigenvalue weighted by Gasteiger charge is 2.20. The van der Waals surface area contributed by atoms with Crippen LogP contribution in [0.3, 0.4) is 0 Å². The summed E-state index contributed by atoms with van der Waals surface area (Å²) in [5, 5.41) is 14.5. The minimum absolute atomic E-state index is 0.335. The molecule has 20 heavy (non-hydrogen) atoms. The first kappa shape index (κ1) is 13.3. The molecular weight excluding hydrogens is 270 g/mol. The molecule has 1 atom stereocenters. The van der Waals surface area contributed by atoms with E-state index in [1.165, 1.54) is 28.9 Å². The summed E-state index contributed by atoms with van der Waals surface area (Å²) < 4.78 is 0. The van der Waals surface area contributed by atoms with Gasteiger partial charge in [0.05, 0.1) is 0 Å². The number of carboxylic acid groups (broad SMARTS) is 1. The van der Waals surface area contributed by atoms with Crippen LogP contribution in [0.15, 0.2) is 35.7 Å². The van der Waals surface area contributed by atoms with E-state index in [9.17, 15) is 4.79 Å². The van der Waals surface area contributed by atoms with Crippen molar-refractivity contribution < 1.29 is 9.90 Å². The van der Waals surface area contributed by atoms with Crippen LogP contribution in [-0.4, -0.2) is 11.1 Å². The first-order chi connectivity index (χ1) is 9.75. The van der Waals surface area contributed by atoms with E-state index < -0.39 is 5.97 Å². The zero-order chi connectivity index (χ0) is 13.9. The van der Waals surface area contributed by atoms with Crippen molar-refractivity contribution in [2.75, 3.05) is 0 Å². The van der Waals surface area contributed by atoms with Crippen molar-refractivity contribution in [2.45, 2.75) is 31.8 Å². The van der Waals surface area contributed by atoms with Crippen LogP contribution in [0.5, 0.6) is 0 Å². The Bertz CT molecular complexity index is 620. The molecule has 0 fully saturated rings. The second kappa shape index (κ2) is 5.77. The second-order valence-corrected chi connectivity index (χ2v) is 6.02. The summed E-state index contributed by atoms with van der Waals surface area (Å²) in [6, 6.07) is 10.8. The van der Waals surface area contributed by atoms with Crippen LogP contribution in [0.4, 0.5) is 0 Å². The molecule has 2 aromatic rings. The summed E-state index contributed by atoms with van der Waals surface area (Å²) in [6.07, 6.45) is 3.45. The van der Waals surface area contributed by atoms with Crippen molar-refractivity contribution in [1.82, 2.24) is 5.32 Å². The van der Waals surface area contributed by atoms with Gasteiger partial charge in [0.15, 0.2) is 0 Å². The zero-order valence-corrected chi connectivity index (χ0v) is 12.0. The molecule has 3 nitrogen and oxygen atoms in total. The van der Waals surface area contributed by atoms with Crippen molar-refractivity contribution in [3.05, 3.63) is 57.3 Å². The lowest BCUT2D eigenvalue weighted by Gasteiger charge is -2.26. The van der Waals surface area contributed by atoms with Crippen LogP contribution in [0, 0.1) is 0 Å². The SMILES string of the molecule is O=C(O)c1sccc1CNC1CCCc2ccccc21. The minimum atomic E-state index is -0.833. The fraction of sp³-hybridized carbons (Fsp3) is 0.312. The number of benzene rings is 1. The van der Waals surface area contributed by atoms with E-state index in [2.05, 4.69) is 29.6 Å². The van der Waals surface area contributed by atoms with E-state index in [1.807, 2.05) is 11.4 Å². The van der Waals surface area contributed by atoms with E-state index in [1.54, 1.807) is 0 Å². The van der Waals surface area contributed by atoms with Crippen molar-refractivity contribution in [3.8, 4) is 0 Å². The normalized spacial score (nSPS) is 17.7. The molecular formula is C16H17NO2S. The maximum absolute atomic E-state index is 11.1. The molecule has 2 N–H and O–H groups in total.